The molecule has 156 valence electrons. The molecule has 1 aromatic heterocycles. The first-order valence-corrected chi connectivity index (χ1v) is 10.1. The molecule has 1 heterocycles. The first-order valence-electron chi connectivity index (χ1n) is 9.21. The molecule has 0 aliphatic carbocycles. The van der Waals surface area contributed by atoms with Crippen LogP contribution in [-0.4, -0.2) is 39.9 Å². The monoisotopic (exact) mass is 426 g/mol. The van der Waals surface area contributed by atoms with Gasteiger partial charge in [0.1, 0.15) is 17.7 Å². The second-order valence-electron chi connectivity index (χ2n) is 6.33. The average molecular weight is 426 g/mol. The van der Waals surface area contributed by atoms with E-state index in [0.29, 0.717) is 29.1 Å². The predicted molar refractivity (Wildman–Crippen MR) is 115 cm³/mol. The lowest BCUT2D eigenvalue weighted by atomic mass is 10.1. The smallest absolute Gasteiger partial charge is 0.220 e. The highest BCUT2D eigenvalue weighted by molar-refractivity contribution is 7.99. The zero-order chi connectivity index (χ0) is 21.5. The van der Waals surface area contributed by atoms with Gasteiger partial charge in [-0.15, -0.1) is 10.2 Å². The van der Waals surface area contributed by atoms with Crippen molar-refractivity contribution in [1.82, 2.24) is 14.8 Å². The number of aromatic nitrogens is 3. The molecule has 0 aliphatic heterocycles. The van der Waals surface area contributed by atoms with Gasteiger partial charge < -0.3 is 9.47 Å². The van der Waals surface area contributed by atoms with Gasteiger partial charge in [-0.1, -0.05) is 48.7 Å². The number of nitrogens with zero attached hydrogens (tertiary/aromatic N) is 4. The van der Waals surface area contributed by atoms with Crippen LogP contribution in [0.15, 0.2) is 66.3 Å². The summed E-state index contributed by atoms with van der Waals surface area (Å²) in [6.45, 7) is 5.54. The van der Waals surface area contributed by atoms with Gasteiger partial charge in [0.05, 0.1) is 7.11 Å². The van der Waals surface area contributed by atoms with Crippen molar-refractivity contribution in [2.75, 3.05) is 20.3 Å². The highest BCUT2D eigenvalue weighted by atomic mass is 32.2. The molecule has 30 heavy (non-hydrogen) atoms. The fourth-order valence-electron chi connectivity index (χ4n) is 2.92. The molecule has 3 aromatic rings. The summed E-state index contributed by atoms with van der Waals surface area (Å²) in [5, 5.41) is 19.9. The van der Waals surface area contributed by atoms with Crippen molar-refractivity contribution >= 4 is 11.8 Å². The van der Waals surface area contributed by atoms with Crippen LogP contribution in [0.2, 0.25) is 0 Å². The molecule has 2 aromatic carbocycles. The third-order valence-electron chi connectivity index (χ3n) is 4.29. The van der Waals surface area contributed by atoms with Gasteiger partial charge in [0.2, 0.25) is 6.54 Å². The van der Waals surface area contributed by atoms with Crippen LogP contribution in [0.5, 0.6) is 11.5 Å². The van der Waals surface area contributed by atoms with Crippen LogP contribution in [0.3, 0.4) is 0 Å². The molecule has 8 nitrogen and oxygen atoms in total. The maximum Gasteiger partial charge on any atom is 0.220 e. The van der Waals surface area contributed by atoms with Crippen molar-refractivity contribution in [3.63, 3.8) is 0 Å². The van der Waals surface area contributed by atoms with Gasteiger partial charge >= 0.3 is 0 Å². The second-order valence-corrected chi connectivity index (χ2v) is 7.50. The van der Waals surface area contributed by atoms with Crippen molar-refractivity contribution < 1.29 is 14.4 Å². The Morgan fingerprint density at radius 3 is 2.67 bits per heavy atom. The molecule has 9 heteroatoms. The second kappa shape index (κ2) is 9.93. The highest BCUT2D eigenvalue weighted by Gasteiger charge is 2.25. The molecule has 0 bridgehead atoms. The third kappa shape index (κ3) is 4.98. The van der Waals surface area contributed by atoms with Crippen LogP contribution in [-0.2, 0) is 0 Å². The molecular weight excluding hydrogens is 404 g/mol. The van der Waals surface area contributed by atoms with E-state index in [0.717, 1.165) is 11.3 Å². The van der Waals surface area contributed by atoms with Crippen molar-refractivity contribution in [3.05, 3.63) is 82.7 Å². The van der Waals surface area contributed by atoms with Crippen molar-refractivity contribution in [2.45, 2.75) is 17.3 Å². The summed E-state index contributed by atoms with van der Waals surface area (Å²) < 4.78 is 12.9. The number of para-hydroxylation sites is 1. The lowest BCUT2D eigenvalue weighted by Gasteiger charge is -2.16. The van der Waals surface area contributed by atoms with Gasteiger partial charge in [-0.05, 0) is 36.8 Å². The average Bonchev–Trinajstić information content (AvgIpc) is 3.11. The highest BCUT2D eigenvalue weighted by Crippen LogP contribution is 2.39. The summed E-state index contributed by atoms with van der Waals surface area (Å²) in [5.74, 6) is 1.76. The van der Waals surface area contributed by atoms with E-state index in [1.807, 2.05) is 41.8 Å². The molecule has 1 atom stereocenters. The van der Waals surface area contributed by atoms with Gasteiger partial charge in [-0.3, -0.25) is 14.7 Å². The van der Waals surface area contributed by atoms with Crippen LogP contribution >= 0.6 is 11.8 Å². The molecule has 0 saturated heterocycles. The number of nitro groups is 1. The number of benzene rings is 2. The maximum atomic E-state index is 11.4. The van der Waals surface area contributed by atoms with E-state index >= 15 is 0 Å². The zero-order valence-corrected chi connectivity index (χ0v) is 17.5. The lowest BCUT2D eigenvalue weighted by Crippen LogP contribution is -2.11. The number of thioether (sulfide) groups is 1. The number of hydrogen-bond donors (Lipinski definition) is 0. The van der Waals surface area contributed by atoms with E-state index in [2.05, 4.69) is 16.8 Å². The fraction of sp³-hybridized carbons (Fsp3) is 0.238. The van der Waals surface area contributed by atoms with Crippen LogP contribution in [0, 0.1) is 17.0 Å². The van der Waals surface area contributed by atoms with Gasteiger partial charge in [-0.25, -0.2) is 0 Å². The van der Waals surface area contributed by atoms with E-state index in [4.69, 9.17) is 9.47 Å². The summed E-state index contributed by atoms with van der Waals surface area (Å²) >= 11 is 1.29. The Morgan fingerprint density at radius 1 is 1.23 bits per heavy atom. The topological polar surface area (TPSA) is 92.3 Å². The van der Waals surface area contributed by atoms with E-state index in [9.17, 15) is 10.1 Å². The normalized spacial score (nSPS) is 11.7. The first-order chi connectivity index (χ1) is 14.5. The number of aryl methyl sites for hydroxylation is 1. The molecular formula is C21H22N4O4S. The molecule has 0 amide bonds. The fourth-order valence-corrected chi connectivity index (χ4v) is 4.08. The first kappa shape index (κ1) is 21.4. The third-order valence-corrected chi connectivity index (χ3v) is 5.47. The minimum atomic E-state index is -0.492. The van der Waals surface area contributed by atoms with Crippen LogP contribution < -0.4 is 9.47 Å². The molecule has 3 rings (SSSR count). The minimum absolute atomic E-state index is 0.276. The SMILES string of the molecule is C=CCOc1ccc([C@H](C[N+](=O)[O-])Sc2nnc(C)n2-c2ccccc2)cc1OC. The standard InChI is InChI=1S/C21H22N4O4S/c1-4-12-29-18-11-10-16(13-19(18)28-3)20(14-24(26)27)30-21-23-22-15(2)25(21)17-8-6-5-7-9-17/h4-11,13,20H,1,12,14H2,2-3H3/t20-/m0/s1. The quantitative estimate of drug-likeness (QED) is 0.207. The maximum absolute atomic E-state index is 11.4. The Morgan fingerprint density at radius 2 is 2.00 bits per heavy atom. The van der Waals surface area contributed by atoms with E-state index in [-0.39, 0.29) is 11.5 Å². The van der Waals surface area contributed by atoms with E-state index in [1.165, 1.54) is 18.9 Å². The van der Waals surface area contributed by atoms with E-state index < -0.39 is 5.25 Å². The number of rotatable bonds is 10. The Kier molecular flexibility index (Phi) is 7.08. The van der Waals surface area contributed by atoms with Crippen molar-refractivity contribution in [3.8, 4) is 17.2 Å². The Labute approximate surface area is 178 Å². The van der Waals surface area contributed by atoms with Crippen molar-refractivity contribution in [2.24, 2.45) is 0 Å². The Balaban J connectivity index is 1.95. The van der Waals surface area contributed by atoms with Gasteiger partial charge in [0.15, 0.2) is 16.7 Å². The molecule has 0 N–H and O–H groups in total. The number of methoxy groups -OCH3 is 1. The molecule has 0 radical (unpaired) electrons. The number of ether oxygens (including phenoxy) is 2. The van der Waals surface area contributed by atoms with Gasteiger partial charge in [0, 0.05) is 10.6 Å². The number of hydrogen-bond acceptors (Lipinski definition) is 7. The lowest BCUT2D eigenvalue weighted by molar-refractivity contribution is -0.479. The molecule has 0 aliphatic rings. The molecule has 0 unspecified atom stereocenters. The summed E-state index contributed by atoms with van der Waals surface area (Å²) in [5.41, 5.74) is 1.63. The Hall–Kier alpha value is -3.33. The van der Waals surface area contributed by atoms with Crippen LogP contribution in [0.25, 0.3) is 5.69 Å². The Bertz CT molecular complexity index is 1020. The largest absolute Gasteiger partial charge is 0.493 e. The summed E-state index contributed by atoms with van der Waals surface area (Å²) in [6, 6.07) is 15.0. The zero-order valence-electron chi connectivity index (χ0n) is 16.7. The molecule has 0 saturated carbocycles. The minimum Gasteiger partial charge on any atom is -0.493 e. The van der Waals surface area contributed by atoms with E-state index in [1.54, 1.807) is 24.3 Å². The van der Waals surface area contributed by atoms with Gasteiger partial charge in [0.25, 0.3) is 0 Å². The molecule has 0 spiro atoms. The van der Waals surface area contributed by atoms with Crippen LogP contribution in [0.4, 0.5) is 0 Å². The van der Waals surface area contributed by atoms with Gasteiger partial charge in [-0.2, -0.15) is 0 Å². The molecule has 0 fully saturated rings. The summed E-state index contributed by atoms with van der Waals surface area (Å²) in [6.07, 6.45) is 1.64. The summed E-state index contributed by atoms with van der Waals surface area (Å²) in [4.78, 5) is 11.0. The summed E-state index contributed by atoms with van der Waals surface area (Å²) in [7, 11) is 1.53. The predicted octanol–water partition coefficient (Wildman–Crippen LogP) is 4.26. The van der Waals surface area contributed by atoms with Crippen LogP contribution in [0.1, 0.15) is 16.6 Å². The van der Waals surface area contributed by atoms with Crippen molar-refractivity contribution in [1.29, 1.82) is 0 Å².